The fraction of sp³-hybridized carbons (Fsp3) is 0.800. The average molecular weight is 229 g/mol. The van der Waals surface area contributed by atoms with E-state index in [0.29, 0.717) is 13.0 Å². The summed E-state index contributed by atoms with van der Waals surface area (Å²) < 4.78 is 0. The lowest BCUT2D eigenvalue weighted by atomic mass is 10.3. The highest BCUT2D eigenvalue weighted by Crippen LogP contribution is 2.08. The molecule has 4 N–H and O–H groups in total. The molecule has 1 unspecified atom stereocenters. The van der Waals surface area contributed by atoms with Crippen molar-refractivity contribution in [2.45, 2.75) is 25.3 Å². The van der Waals surface area contributed by atoms with E-state index in [0.717, 1.165) is 25.9 Å². The lowest BCUT2D eigenvalue weighted by Gasteiger charge is -2.15. The van der Waals surface area contributed by atoms with Crippen LogP contribution >= 0.6 is 0 Å². The van der Waals surface area contributed by atoms with Crippen molar-refractivity contribution < 1.29 is 14.7 Å². The van der Waals surface area contributed by atoms with Crippen LogP contribution in [0.2, 0.25) is 0 Å². The summed E-state index contributed by atoms with van der Waals surface area (Å²) in [7, 11) is 0. The molecule has 1 rings (SSSR count). The van der Waals surface area contributed by atoms with Gasteiger partial charge >= 0.3 is 5.97 Å². The van der Waals surface area contributed by atoms with Gasteiger partial charge in [-0.3, -0.25) is 9.59 Å². The first-order valence-corrected chi connectivity index (χ1v) is 5.58. The van der Waals surface area contributed by atoms with E-state index in [2.05, 4.69) is 5.32 Å². The molecule has 0 aliphatic carbocycles. The number of hydrogen-bond acceptors (Lipinski definition) is 4. The summed E-state index contributed by atoms with van der Waals surface area (Å²) in [5.74, 6) is -0.896. The van der Waals surface area contributed by atoms with Gasteiger partial charge in [-0.05, 0) is 12.8 Å². The topological polar surface area (TPSA) is 95.7 Å². The molecular weight excluding hydrogens is 210 g/mol. The maximum absolute atomic E-state index is 11.6. The number of likely N-dealkylation sites (tertiary alicyclic amines) is 1. The number of nitrogens with zero attached hydrogens (tertiary/aromatic N) is 1. The van der Waals surface area contributed by atoms with Gasteiger partial charge in [0.15, 0.2) is 0 Å². The maximum Gasteiger partial charge on any atom is 0.321 e. The van der Waals surface area contributed by atoms with Crippen LogP contribution in [0.5, 0.6) is 0 Å². The molecule has 1 heterocycles. The number of carboxylic acids is 1. The monoisotopic (exact) mass is 229 g/mol. The smallest absolute Gasteiger partial charge is 0.321 e. The molecule has 1 saturated heterocycles. The van der Waals surface area contributed by atoms with Crippen LogP contribution in [-0.2, 0) is 9.59 Å². The molecule has 1 aliphatic heterocycles. The summed E-state index contributed by atoms with van der Waals surface area (Å²) in [4.78, 5) is 23.8. The minimum absolute atomic E-state index is 0.133. The quantitative estimate of drug-likeness (QED) is 0.508. The summed E-state index contributed by atoms with van der Waals surface area (Å²) in [5.41, 5.74) is 5.30. The predicted octanol–water partition coefficient (Wildman–Crippen LogP) is -1.000. The molecule has 92 valence electrons. The van der Waals surface area contributed by atoms with Crippen molar-refractivity contribution in [1.29, 1.82) is 0 Å². The molecule has 0 spiro atoms. The molecular formula is C10H19N3O3. The Morgan fingerprint density at radius 2 is 2.00 bits per heavy atom. The highest BCUT2D eigenvalue weighted by atomic mass is 16.4. The predicted molar refractivity (Wildman–Crippen MR) is 58.9 cm³/mol. The van der Waals surface area contributed by atoms with Crippen LogP contribution < -0.4 is 11.1 Å². The van der Waals surface area contributed by atoms with Gasteiger partial charge in [0.05, 0.1) is 0 Å². The van der Waals surface area contributed by atoms with Crippen molar-refractivity contribution in [3.05, 3.63) is 0 Å². The summed E-state index contributed by atoms with van der Waals surface area (Å²) in [6.45, 7) is 2.39. The molecule has 1 atom stereocenters. The lowest BCUT2D eigenvalue weighted by molar-refractivity contribution is -0.138. The Kier molecular flexibility index (Phi) is 5.21. The average Bonchev–Trinajstić information content (AvgIpc) is 2.76. The SMILES string of the molecule is NC(CNCCC(=O)N1CCCC1)C(=O)O. The number of carbonyl (C=O) groups is 2. The Morgan fingerprint density at radius 1 is 1.38 bits per heavy atom. The fourth-order valence-electron chi connectivity index (χ4n) is 1.66. The van der Waals surface area contributed by atoms with Crippen molar-refractivity contribution in [2.24, 2.45) is 5.73 Å². The Morgan fingerprint density at radius 3 is 2.56 bits per heavy atom. The molecule has 1 aliphatic rings. The normalized spacial score (nSPS) is 17.4. The van der Waals surface area contributed by atoms with Gasteiger partial charge in [-0.25, -0.2) is 0 Å². The van der Waals surface area contributed by atoms with Gasteiger partial charge in [0.1, 0.15) is 6.04 Å². The molecule has 6 heteroatoms. The minimum atomic E-state index is -1.03. The van der Waals surface area contributed by atoms with Gasteiger partial charge < -0.3 is 21.1 Å². The zero-order chi connectivity index (χ0) is 12.0. The third-order valence-corrected chi connectivity index (χ3v) is 2.66. The van der Waals surface area contributed by atoms with Gasteiger partial charge in [0, 0.05) is 32.6 Å². The molecule has 0 aromatic carbocycles. The fourth-order valence-corrected chi connectivity index (χ4v) is 1.66. The number of carbonyl (C=O) groups excluding carboxylic acids is 1. The van der Waals surface area contributed by atoms with Crippen molar-refractivity contribution in [3.8, 4) is 0 Å². The van der Waals surface area contributed by atoms with Gasteiger partial charge in [-0.1, -0.05) is 0 Å². The first-order valence-electron chi connectivity index (χ1n) is 5.58. The Hall–Kier alpha value is -1.14. The number of aliphatic carboxylic acids is 1. The number of carboxylic acid groups (broad SMARTS) is 1. The Bertz CT molecular complexity index is 252. The van der Waals surface area contributed by atoms with Gasteiger partial charge in [0.25, 0.3) is 0 Å². The molecule has 0 aromatic rings. The second-order valence-corrected chi connectivity index (χ2v) is 3.99. The molecule has 1 amide bonds. The maximum atomic E-state index is 11.6. The van der Waals surface area contributed by atoms with Crippen LogP contribution in [-0.4, -0.2) is 54.1 Å². The van der Waals surface area contributed by atoms with E-state index < -0.39 is 12.0 Å². The lowest BCUT2D eigenvalue weighted by Crippen LogP contribution is -2.41. The van der Waals surface area contributed by atoms with Crippen molar-refractivity contribution >= 4 is 11.9 Å². The first kappa shape index (κ1) is 12.9. The van der Waals surface area contributed by atoms with Gasteiger partial charge in [-0.15, -0.1) is 0 Å². The van der Waals surface area contributed by atoms with E-state index in [-0.39, 0.29) is 12.5 Å². The summed E-state index contributed by atoms with van der Waals surface area (Å²) >= 11 is 0. The van der Waals surface area contributed by atoms with Crippen LogP contribution in [0.25, 0.3) is 0 Å². The number of rotatable bonds is 6. The number of nitrogens with two attached hydrogens (primary N) is 1. The van der Waals surface area contributed by atoms with Gasteiger partial charge in [-0.2, -0.15) is 0 Å². The van der Waals surface area contributed by atoms with E-state index in [9.17, 15) is 9.59 Å². The third-order valence-electron chi connectivity index (χ3n) is 2.66. The highest BCUT2D eigenvalue weighted by molar-refractivity contribution is 5.76. The first-order chi connectivity index (χ1) is 7.61. The van der Waals surface area contributed by atoms with Crippen LogP contribution in [0, 0.1) is 0 Å². The van der Waals surface area contributed by atoms with Crippen molar-refractivity contribution in [3.63, 3.8) is 0 Å². The molecule has 1 fully saturated rings. The van der Waals surface area contributed by atoms with Crippen LogP contribution in [0.15, 0.2) is 0 Å². The standard InChI is InChI=1S/C10H19N3O3/c11-8(10(15)16)7-12-4-3-9(14)13-5-1-2-6-13/h8,12H,1-7,11H2,(H,15,16). The minimum Gasteiger partial charge on any atom is -0.480 e. The third kappa shape index (κ3) is 4.16. The van der Waals surface area contributed by atoms with Crippen molar-refractivity contribution in [1.82, 2.24) is 10.2 Å². The molecule has 0 aromatic heterocycles. The van der Waals surface area contributed by atoms with E-state index in [1.807, 2.05) is 4.90 Å². The molecule has 0 bridgehead atoms. The second-order valence-electron chi connectivity index (χ2n) is 3.99. The van der Waals surface area contributed by atoms with Crippen LogP contribution in [0.3, 0.4) is 0 Å². The number of hydrogen-bond donors (Lipinski definition) is 3. The van der Waals surface area contributed by atoms with Crippen LogP contribution in [0.1, 0.15) is 19.3 Å². The number of amides is 1. The van der Waals surface area contributed by atoms with E-state index in [1.165, 1.54) is 0 Å². The molecule has 0 saturated carbocycles. The van der Waals surface area contributed by atoms with Crippen molar-refractivity contribution in [2.75, 3.05) is 26.2 Å². The summed E-state index contributed by atoms with van der Waals surface area (Å²) in [5, 5.41) is 11.4. The van der Waals surface area contributed by atoms with E-state index in [1.54, 1.807) is 0 Å². The highest BCUT2D eigenvalue weighted by Gasteiger charge is 2.17. The van der Waals surface area contributed by atoms with E-state index in [4.69, 9.17) is 10.8 Å². The second kappa shape index (κ2) is 6.44. The van der Waals surface area contributed by atoms with Gasteiger partial charge in [0.2, 0.25) is 5.91 Å². The number of nitrogens with one attached hydrogen (secondary N) is 1. The Labute approximate surface area is 94.8 Å². The zero-order valence-electron chi connectivity index (χ0n) is 9.32. The molecule has 0 radical (unpaired) electrons. The summed E-state index contributed by atoms with van der Waals surface area (Å²) in [6, 6.07) is -0.901. The Balaban J connectivity index is 2.06. The van der Waals surface area contributed by atoms with E-state index >= 15 is 0 Å². The zero-order valence-corrected chi connectivity index (χ0v) is 9.32. The van der Waals surface area contributed by atoms with Crippen LogP contribution in [0.4, 0.5) is 0 Å². The molecule has 16 heavy (non-hydrogen) atoms. The summed E-state index contributed by atoms with van der Waals surface area (Å²) in [6.07, 6.45) is 2.58. The molecule has 6 nitrogen and oxygen atoms in total. The largest absolute Gasteiger partial charge is 0.480 e.